The highest BCUT2D eigenvalue weighted by Crippen LogP contribution is 2.33. The Morgan fingerprint density at radius 3 is 1.54 bits per heavy atom. The summed E-state index contributed by atoms with van der Waals surface area (Å²) in [7, 11) is 0. The van der Waals surface area contributed by atoms with Gasteiger partial charge in [-0.2, -0.15) is 26.3 Å². The van der Waals surface area contributed by atoms with Crippen molar-refractivity contribution in [3.63, 3.8) is 0 Å². The van der Waals surface area contributed by atoms with Gasteiger partial charge in [-0.05, 0) is 33.6 Å². The summed E-state index contributed by atoms with van der Waals surface area (Å²) < 4.78 is 74.1. The van der Waals surface area contributed by atoms with Crippen LogP contribution in [0, 0.1) is 11.8 Å². The Labute approximate surface area is 135 Å². The Morgan fingerprint density at radius 2 is 1.25 bits per heavy atom. The van der Waals surface area contributed by atoms with Crippen molar-refractivity contribution in [2.24, 2.45) is 11.8 Å². The van der Waals surface area contributed by atoms with Gasteiger partial charge in [-0.15, -0.1) is 0 Å². The fraction of sp³-hybridized carbons (Fsp3) is 0.857. The molecule has 0 aromatic rings. The number of carboxylic acid groups (broad SMARTS) is 1. The fourth-order valence-electron chi connectivity index (χ4n) is 2.11. The van der Waals surface area contributed by atoms with Gasteiger partial charge in [-0.3, -0.25) is 9.59 Å². The zero-order chi connectivity index (χ0) is 19.3. The van der Waals surface area contributed by atoms with Gasteiger partial charge in [0, 0.05) is 18.4 Å². The molecular weight excluding hydrogens is 344 g/mol. The van der Waals surface area contributed by atoms with Crippen LogP contribution in [-0.4, -0.2) is 34.9 Å². The number of halogens is 6. The maximum Gasteiger partial charge on any atom is 0.389 e. The van der Waals surface area contributed by atoms with E-state index in [1.165, 1.54) is 20.8 Å². The number of carboxylic acids is 1. The van der Waals surface area contributed by atoms with Gasteiger partial charge >= 0.3 is 18.3 Å². The Morgan fingerprint density at radius 1 is 0.875 bits per heavy atom. The normalized spacial score (nSPS) is 15.7. The number of amides is 1. The smallest absolute Gasteiger partial charge is 0.389 e. The molecular formula is C14H21F6NO3. The Balaban J connectivity index is 5.34. The predicted octanol–water partition coefficient (Wildman–Crippen LogP) is 3.90. The van der Waals surface area contributed by atoms with E-state index in [0.29, 0.717) is 0 Å². The number of aliphatic carboxylic acids is 1. The van der Waals surface area contributed by atoms with Gasteiger partial charge < -0.3 is 10.4 Å². The molecule has 0 aliphatic rings. The molecule has 0 radical (unpaired) electrons. The van der Waals surface area contributed by atoms with Crippen LogP contribution >= 0.6 is 0 Å². The van der Waals surface area contributed by atoms with E-state index in [1.807, 2.05) is 0 Å². The van der Waals surface area contributed by atoms with Crippen molar-refractivity contribution in [3.8, 4) is 0 Å². The molecule has 4 nitrogen and oxygen atoms in total. The molecule has 0 saturated heterocycles. The predicted molar refractivity (Wildman–Crippen MR) is 73.1 cm³/mol. The molecule has 0 saturated carbocycles. The SMILES string of the molecule is CC(C)(C)NC(=O)[C@@H](CCC(F)(F)F)[C@@H](CCC(F)(F)F)C(=O)O. The standard InChI is InChI=1S/C14H21F6NO3/c1-12(2,3)21-10(22)8(4-6-13(15,16)17)9(11(23)24)5-7-14(18,19)20/h8-9H,4-7H2,1-3H3,(H,21,22)(H,23,24)/t8-,9+/m0/s1. The molecule has 2 atom stereocenters. The van der Waals surface area contributed by atoms with Crippen molar-refractivity contribution in [2.75, 3.05) is 0 Å². The minimum absolute atomic E-state index is 0.860. The van der Waals surface area contributed by atoms with Crippen molar-refractivity contribution in [1.82, 2.24) is 5.32 Å². The zero-order valence-electron chi connectivity index (χ0n) is 13.5. The van der Waals surface area contributed by atoms with Gasteiger partial charge in [0.25, 0.3) is 0 Å². The molecule has 24 heavy (non-hydrogen) atoms. The molecule has 0 aromatic heterocycles. The first-order chi connectivity index (χ1) is 10.5. The van der Waals surface area contributed by atoms with Crippen LogP contribution in [0.25, 0.3) is 0 Å². The van der Waals surface area contributed by atoms with Gasteiger partial charge in [0.05, 0.1) is 11.8 Å². The zero-order valence-corrected chi connectivity index (χ0v) is 13.5. The van der Waals surface area contributed by atoms with Crippen LogP contribution in [0.3, 0.4) is 0 Å². The quantitative estimate of drug-likeness (QED) is 0.673. The van der Waals surface area contributed by atoms with Crippen LogP contribution < -0.4 is 5.32 Å². The summed E-state index contributed by atoms with van der Waals surface area (Å²) in [6.45, 7) is 4.58. The summed E-state index contributed by atoms with van der Waals surface area (Å²) in [5, 5.41) is 11.4. The van der Waals surface area contributed by atoms with Gasteiger partial charge in [0.15, 0.2) is 0 Å². The molecule has 0 spiro atoms. The molecule has 0 unspecified atom stereocenters. The van der Waals surface area contributed by atoms with E-state index < -0.39 is 67.3 Å². The minimum atomic E-state index is -4.66. The number of carbonyl (C=O) groups is 2. The van der Waals surface area contributed by atoms with Gasteiger partial charge in [0.1, 0.15) is 0 Å². The van der Waals surface area contributed by atoms with Crippen molar-refractivity contribution in [2.45, 2.75) is 64.3 Å². The maximum absolute atomic E-state index is 12.4. The van der Waals surface area contributed by atoms with E-state index in [-0.39, 0.29) is 0 Å². The monoisotopic (exact) mass is 365 g/mol. The molecule has 0 bridgehead atoms. The molecule has 2 N–H and O–H groups in total. The average Bonchev–Trinajstić information content (AvgIpc) is 2.27. The summed E-state index contributed by atoms with van der Waals surface area (Å²) in [6.07, 6.45) is -14.1. The lowest BCUT2D eigenvalue weighted by Gasteiger charge is -2.28. The molecule has 0 aromatic carbocycles. The molecule has 142 valence electrons. The van der Waals surface area contributed by atoms with E-state index in [9.17, 15) is 35.9 Å². The topological polar surface area (TPSA) is 66.4 Å². The molecule has 1 amide bonds. The summed E-state index contributed by atoms with van der Waals surface area (Å²) in [6, 6.07) is 0. The minimum Gasteiger partial charge on any atom is -0.481 e. The number of hydrogen-bond acceptors (Lipinski definition) is 2. The molecule has 10 heteroatoms. The lowest BCUT2D eigenvalue weighted by atomic mass is 9.83. The fourth-order valence-corrected chi connectivity index (χ4v) is 2.11. The van der Waals surface area contributed by atoms with E-state index in [1.54, 1.807) is 0 Å². The Hall–Kier alpha value is -1.48. The highest BCUT2D eigenvalue weighted by molar-refractivity contribution is 5.85. The summed E-state index contributed by atoms with van der Waals surface area (Å²) >= 11 is 0. The molecule has 0 aliphatic heterocycles. The summed E-state index contributed by atoms with van der Waals surface area (Å²) in [5.41, 5.74) is -0.860. The van der Waals surface area contributed by atoms with Crippen molar-refractivity contribution >= 4 is 11.9 Å². The maximum atomic E-state index is 12.4. The molecule has 0 fully saturated rings. The molecule has 0 rings (SSSR count). The van der Waals surface area contributed by atoms with Gasteiger partial charge in [0.2, 0.25) is 5.91 Å². The number of alkyl halides is 6. The first kappa shape index (κ1) is 22.5. The van der Waals surface area contributed by atoms with Crippen molar-refractivity contribution in [1.29, 1.82) is 0 Å². The van der Waals surface area contributed by atoms with Crippen LogP contribution in [0.5, 0.6) is 0 Å². The third-order valence-corrected chi connectivity index (χ3v) is 3.12. The van der Waals surface area contributed by atoms with Gasteiger partial charge in [-0.1, -0.05) is 0 Å². The van der Waals surface area contributed by atoms with Crippen LogP contribution in [0.2, 0.25) is 0 Å². The second-order valence-electron chi connectivity index (χ2n) is 6.60. The van der Waals surface area contributed by atoms with E-state index in [2.05, 4.69) is 5.32 Å². The van der Waals surface area contributed by atoms with E-state index >= 15 is 0 Å². The number of carbonyl (C=O) groups excluding carboxylic acids is 1. The lowest BCUT2D eigenvalue weighted by Crippen LogP contribution is -2.47. The largest absolute Gasteiger partial charge is 0.481 e. The lowest BCUT2D eigenvalue weighted by molar-refractivity contribution is -0.159. The average molecular weight is 365 g/mol. The third kappa shape index (κ3) is 10.3. The van der Waals surface area contributed by atoms with Gasteiger partial charge in [-0.25, -0.2) is 0 Å². The van der Waals surface area contributed by atoms with Crippen molar-refractivity contribution < 1.29 is 41.0 Å². The Bertz CT molecular complexity index is 439. The first-order valence-corrected chi connectivity index (χ1v) is 7.20. The third-order valence-electron chi connectivity index (χ3n) is 3.12. The summed E-state index contributed by atoms with van der Waals surface area (Å²) in [5.74, 6) is -6.28. The van der Waals surface area contributed by atoms with Crippen LogP contribution in [-0.2, 0) is 9.59 Å². The number of nitrogens with one attached hydrogen (secondary N) is 1. The second-order valence-corrected chi connectivity index (χ2v) is 6.60. The first-order valence-electron chi connectivity index (χ1n) is 7.20. The second kappa shape index (κ2) is 8.06. The van der Waals surface area contributed by atoms with Crippen molar-refractivity contribution in [3.05, 3.63) is 0 Å². The Kier molecular flexibility index (Phi) is 7.57. The highest BCUT2D eigenvalue weighted by atomic mass is 19.4. The van der Waals surface area contributed by atoms with E-state index in [4.69, 9.17) is 5.11 Å². The van der Waals surface area contributed by atoms with Crippen LogP contribution in [0.4, 0.5) is 26.3 Å². The number of hydrogen-bond donors (Lipinski definition) is 2. The van der Waals surface area contributed by atoms with E-state index in [0.717, 1.165) is 0 Å². The molecule has 0 aliphatic carbocycles. The van der Waals surface area contributed by atoms with Crippen LogP contribution in [0.1, 0.15) is 46.5 Å². The van der Waals surface area contributed by atoms with Crippen LogP contribution in [0.15, 0.2) is 0 Å². The number of rotatable bonds is 7. The molecule has 0 heterocycles. The highest BCUT2D eigenvalue weighted by Gasteiger charge is 2.40. The summed E-state index contributed by atoms with van der Waals surface area (Å²) in [4.78, 5) is 23.3.